The predicted molar refractivity (Wildman–Crippen MR) is 56.0 cm³/mol. The molecule has 2 aromatic carbocycles. The van der Waals surface area contributed by atoms with Gasteiger partial charge in [-0.1, -0.05) is 24.3 Å². The zero-order chi connectivity index (χ0) is 9.54. The highest BCUT2D eigenvalue weighted by Gasteiger charge is 2.01. The first-order valence-electron chi connectivity index (χ1n) is 4.53. The number of rotatable bonds is 0. The highest BCUT2D eigenvalue weighted by atomic mass is 15.4. The molecule has 0 spiro atoms. The molecule has 0 aliphatic carbocycles. The van der Waals surface area contributed by atoms with E-state index in [2.05, 4.69) is 34.5 Å². The van der Waals surface area contributed by atoms with Gasteiger partial charge < -0.3 is 0 Å². The summed E-state index contributed by atoms with van der Waals surface area (Å²) in [5, 5.41) is 11.0. The van der Waals surface area contributed by atoms with Crippen molar-refractivity contribution in [2.45, 2.75) is 0 Å². The third-order valence-corrected chi connectivity index (χ3v) is 2.35. The summed E-state index contributed by atoms with van der Waals surface area (Å²) in [6.45, 7) is 0. The maximum Gasteiger partial charge on any atom is 0.113 e. The second-order valence-electron chi connectivity index (χ2n) is 3.38. The van der Waals surface area contributed by atoms with Crippen molar-refractivity contribution in [1.29, 1.82) is 0 Å². The SMILES string of the molecule is Cn1nc2cc3ccccc3cc2n1. The number of benzene rings is 2. The second-order valence-corrected chi connectivity index (χ2v) is 3.38. The van der Waals surface area contributed by atoms with Gasteiger partial charge in [-0.3, -0.25) is 0 Å². The Morgan fingerprint density at radius 2 is 1.43 bits per heavy atom. The third kappa shape index (κ3) is 0.988. The van der Waals surface area contributed by atoms with E-state index in [9.17, 15) is 0 Å². The molecule has 0 aliphatic rings. The smallest absolute Gasteiger partial charge is 0.113 e. The first-order chi connectivity index (χ1) is 6.83. The van der Waals surface area contributed by atoms with E-state index in [0.29, 0.717) is 0 Å². The summed E-state index contributed by atoms with van der Waals surface area (Å²) in [7, 11) is 1.84. The number of hydrogen-bond acceptors (Lipinski definition) is 2. The zero-order valence-corrected chi connectivity index (χ0v) is 7.81. The normalized spacial score (nSPS) is 11.2. The summed E-state index contributed by atoms with van der Waals surface area (Å²) >= 11 is 0. The molecule has 0 N–H and O–H groups in total. The van der Waals surface area contributed by atoms with Crippen LogP contribution in [0, 0.1) is 0 Å². The minimum absolute atomic E-state index is 0.950. The van der Waals surface area contributed by atoms with Gasteiger partial charge >= 0.3 is 0 Å². The summed E-state index contributed by atoms with van der Waals surface area (Å²) in [5.74, 6) is 0. The first kappa shape index (κ1) is 7.50. The molecule has 3 nitrogen and oxygen atoms in total. The molecular formula is C11H9N3. The first-order valence-corrected chi connectivity index (χ1v) is 4.53. The van der Waals surface area contributed by atoms with Crippen molar-refractivity contribution in [3.63, 3.8) is 0 Å². The molecule has 0 radical (unpaired) electrons. The number of aromatic nitrogens is 3. The number of fused-ring (bicyclic) bond motifs is 2. The van der Waals surface area contributed by atoms with Crippen molar-refractivity contribution in [3.8, 4) is 0 Å². The largest absolute Gasteiger partial charge is 0.187 e. The highest BCUT2D eigenvalue weighted by Crippen LogP contribution is 2.19. The molecule has 0 amide bonds. The van der Waals surface area contributed by atoms with Crippen molar-refractivity contribution in [3.05, 3.63) is 36.4 Å². The van der Waals surface area contributed by atoms with Gasteiger partial charge in [-0.05, 0) is 22.9 Å². The van der Waals surface area contributed by atoms with Crippen LogP contribution in [0.4, 0.5) is 0 Å². The Labute approximate surface area is 81.0 Å². The third-order valence-electron chi connectivity index (χ3n) is 2.35. The monoisotopic (exact) mass is 183 g/mol. The second kappa shape index (κ2) is 2.54. The van der Waals surface area contributed by atoms with Crippen LogP contribution in [-0.2, 0) is 7.05 Å². The number of hydrogen-bond donors (Lipinski definition) is 0. The van der Waals surface area contributed by atoms with Crippen LogP contribution in [0.5, 0.6) is 0 Å². The molecule has 14 heavy (non-hydrogen) atoms. The maximum atomic E-state index is 4.27. The fraction of sp³-hybridized carbons (Fsp3) is 0.0909. The van der Waals surface area contributed by atoms with E-state index in [4.69, 9.17) is 0 Å². The Kier molecular flexibility index (Phi) is 1.36. The minimum Gasteiger partial charge on any atom is -0.187 e. The quantitative estimate of drug-likeness (QED) is 0.534. The molecule has 0 saturated heterocycles. The lowest BCUT2D eigenvalue weighted by Gasteiger charge is -1.94. The van der Waals surface area contributed by atoms with Crippen molar-refractivity contribution in [2.75, 3.05) is 0 Å². The van der Waals surface area contributed by atoms with Gasteiger partial charge in [0.15, 0.2) is 0 Å². The van der Waals surface area contributed by atoms with Crippen LogP contribution in [0.15, 0.2) is 36.4 Å². The number of nitrogens with zero attached hydrogens (tertiary/aromatic N) is 3. The van der Waals surface area contributed by atoms with E-state index in [1.807, 2.05) is 19.2 Å². The van der Waals surface area contributed by atoms with Gasteiger partial charge in [0.1, 0.15) is 11.0 Å². The molecule has 68 valence electrons. The van der Waals surface area contributed by atoms with Gasteiger partial charge in [0.2, 0.25) is 0 Å². The molecular weight excluding hydrogens is 174 g/mol. The molecule has 3 rings (SSSR count). The minimum atomic E-state index is 0.950. The van der Waals surface area contributed by atoms with E-state index in [1.165, 1.54) is 10.8 Å². The fourth-order valence-electron chi connectivity index (χ4n) is 1.71. The Balaban J connectivity index is 2.51. The molecule has 0 bridgehead atoms. The molecule has 1 aromatic heterocycles. The predicted octanol–water partition coefficient (Wildman–Crippen LogP) is 2.12. The Morgan fingerprint density at radius 1 is 0.929 bits per heavy atom. The average molecular weight is 183 g/mol. The molecule has 0 unspecified atom stereocenters. The summed E-state index contributed by atoms with van der Waals surface area (Å²) in [4.78, 5) is 1.60. The fourth-order valence-corrected chi connectivity index (χ4v) is 1.71. The van der Waals surface area contributed by atoms with E-state index in [0.717, 1.165) is 11.0 Å². The van der Waals surface area contributed by atoms with Gasteiger partial charge in [0.05, 0.1) is 0 Å². The van der Waals surface area contributed by atoms with E-state index < -0.39 is 0 Å². The van der Waals surface area contributed by atoms with E-state index in [-0.39, 0.29) is 0 Å². The van der Waals surface area contributed by atoms with Crippen LogP contribution in [0.25, 0.3) is 21.8 Å². The maximum absolute atomic E-state index is 4.27. The molecule has 3 heteroatoms. The van der Waals surface area contributed by atoms with Gasteiger partial charge in [-0.25, -0.2) is 0 Å². The summed E-state index contributed by atoms with van der Waals surface area (Å²) in [6.07, 6.45) is 0. The van der Waals surface area contributed by atoms with Crippen LogP contribution >= 0.6 is 0 Å². The van der Waals surface area contributed by atoms with Crippen molar-refractivity contribution >= 4 is 21.8 Å². The van der Waals surface area contributed by atoms with Crippen LogP contribution in [0.3, 0.4) is 0 Å². The van der Waals surface area contributed by atoms with Crippen LogP contribution in [0.2, 0.25) is 0 Å². The van der Waals surface area contributed by atoms with Crippen LogP contribution in [0.1, 0.15) is 0 Å². The summed E-state index contributed by atoms with van der Waals surface area (Å²) < 4.78 is 0. The van der Waals surface area contributed by atoms with Gasteiger partial charge in [-0.15, -0.1) is 0 Å². The lowest BCUT2D eigenvalue weighted by molar-refractivity contribution is 0.665. The Hall–Kier alpha value is -1.90. The molecule has 0 atom stereocenters. The van der Waals surface area contributed by atoms with Crippen molar-refractivity contribution in [2.24, 2.45) is 7.05 Å². The Bertz CT molecular complexity index is 558. The van der Waals surface area contributed by atoms with Crippen LogP contribution < -0.4 is 0 Å². The van der Waals surface area contributed by atoms with Crippen molar-refractivity contribution in [1.82, 2.24) is 15.0 Å². The van der Waals surface area contributed by atoms with Crippen LogP contribution in [-0.4, -0.2) is 15.0 Å². The van der Waals surface area contributed by atoms with Crippen molar-refractivity contribution < 1.29 is 0 Å². The lowest BCUT2D eigenvalue weighted by Crippen LogP contribution is -1.90. The summed E-state index contributed by atoms with van der Waals surface area (Å²) in [5.41, 5.74) is 1.90. The topological polar surface area (TPSA) is 30.7 Å². The van der Waals surface area contributed by atoms with Gasteiger partial charge in [0.25, 0.3) is 0 Å². The van der Waals surface area contributed by atoms with Gasteiger partial charge in [-0.2, -0.15) is 15.0 Å². The van der Waals surface area contributed by atoms with Gasteiger partial charge in [0, 0.05) is 7.05 Å². The molecule has 1 heterocycles. The standard InChI is InChI=1S/C11H9N3/c1-14-12-10-6-8-4-2-3-5-9(8)7-11(10)13-14/h2-7H,1H3. The lowest BCUT2D eigenvalue weighted by atomic mass is 10.1. The molecule has 0 fully saturated rings. The summed E-state index contributed by atoms with van der Waals surface area (Å²) in [6, 6.07) is 12.4. The molecule has 0 aliphatic heterocycles. The highest BCUT2D eigenvalue weighted by molar-refractivity contribution is 5.94. The number of aryl methyl sites for hydroxylation is 1. The van der Waals surface area contributed by atoms with E-state index >= 15 is 0 Å². The Morgan fingerprint density at radius 3 is 1.93 bits per heavy atom. The molecule has 0 saturated carbocycles. The zero-order valence-electron chi connectivity index (χ0n) is 7.81. The molecule has 3 aromatic rings. The average Bonchev–Trinajstić information content (AvgIpc) is 2.53. The van der Waals surface area contributed by atoms with E-state index in [1.54, 1.807) is 4.80 Å².